The number of hydrogen-bond acceptors (Lipinski definition) is 1. The maximum atomic E-state index is 13.3. The summed E-state index contributed by atoms with van der Waals surface area (Å²) in [5.74, 6) is -1.02. The first-order valence-electron chi connectivity index (χ1n) is 3.79. The number of benzene rings is 1. The van der Waals surface area contributed by atoms with Crippen LogP contribution in [0, 0.1) is 11.6 Å². The first-order chi connectivity index (χ1) is 6.65. The molecule has 14 heavy (non-hydrogen) atoms. The highest BCUT2D eigenvalue weighted by molar-refractivity contribution is 9.10. The van der Waals surface area contributed by atoms with Gasteiger partial charge in [0, 0.05) is 18.1 Å². The molecular formula is C9H7BrClF2N. The highest BCUT2D eigenvalue weighted by Crippen LogP contribution is 2.24. The van der Waals surface area contributed by atoms with Crippen LogP contribution in [-0.2, 0) is 0 Å². The van der Waals surface area contributed by atoms with Crippen LogP contribution < -0.4 is 5.32 Å². The van der Waals surface area contributed by atoms with E-state index in [1.165, 1.54) is 5.54 Å². The van der Waals surface area contributed by atoms with Crippen LogP contribution in [0.4, 0.5) is 14.5 Å². The molecular weight excluding hydrogens is 275 g/mol. The van der Waals surface area contributed by atoms with Crippen LogP contribution >= 0.6 is 27.5 Å². The van der Waals surface area contributed by atoms with Gasteiger partial charge in [0.2, 0.25) is 0 Å². The summed E-state index contributed by atoms with van der Waals surface area (Å²) < 4.78 is 26.2. The zero-order valence-corrected chi connectivity index (χ0v) is 9.37. The molecule has 1 N–H and O–H groups in total. The van der Waals surface area contributed by atoms with Gasteiger partial charge < -0.3 is 5.32 Å². The summed E-state index contributed by atoms with van der Waals surface area (Å²) in [6, 6.07) is 2.15. The van der Waals surface area contributed by atoms with Crippen molar-refractivity contribution in [3.05, 3.63) is 39.9 Å². The minimum atomic E-state index is -0.519. The van der Waals surface area contributed by atoms with Gasteiger partial charge in [0.15, 0.2) is 5.82 Å². The number of nitrogens with one attached hydrogen (secondary N) is 1. The fourth-order valence-corrected chi connectivity index (χ4v) is 1.42. The van der Waals surface area contributed by atoms with E-state index in [4.69, 9.17) is 11.6 Å². The maximum absolute atomic E-state index is 13.3. The van der Waals surface area contributed by atoms with Crippen molar-refractivity contribution in [1.29, 1.82) is 0 Å². The highest BCUT2D eigenvalue weighted by Gasteiger charge is 2.07. The lowest BCUT2D eigenvalue weighted by molar-refractivity contribution is 0.597. The van der Waals surface area contributed by atoms with E-state index < -0.39 is 11.6 Å². The summed E-state index contributed by atoms with van der Waals surface area (Å²) in [5.41, 5.74) is 1.41. The topological polar surface area (TPSA) is 12.0 Å². The molecule has 5 heteroatoms. The Bertz CT molecular complexity index is 355. The second kappa shape index (κ2) is 5.32. The molecule has 0 aliphatic heterocycles. The molecule has 0 saturated carbocycles. The molecule has 0 aromatic heterocycles. The molecule has 76 valence electrons. The average Bonchev–Trinajstić information content (AvgIpc) is 2.13. The normalized spacial score (nSPS) is 10.9. The lowest BCUT2D eigenvalue weighted by Gasteiger charge is -2.06. The summed E-state index contributed by atoms with van der Waals surface area (Å²) in [6.07, 6.45) is 1.58. The lowest BCUT2D eigenvalue weighted by Crippen LogP contribution is -2.01. The second-order valence-corrected chi connectivity index (χ2v) is 3.60. The Balaban J connectivity index is 2.85. The van der Waals surface area contributed by atoms with Crippen LogP contribution in [0.5, 0.6) is 0 Å². The number of halogens is 4. The minimum absolute atomic E-state index is 0.0925. The Morgan fingerprint density at radius 1 is 1.43 bits per heavy atom. The van der Waals surface area contributed by atoms with Gasteiger partial charge in [-0.05, 0) is 22.0 Å². The van der Waals surface area contributed by atoms with Crippen LogP contribution in [-0.4, -0.2) is 6.54 Å². The van der Waals surface area contributed by atoms with Crippen LogP contribution in [0.25, 0.3) is 0 Å². The Hall–Kier alpha value is -0.610. The molecule has 0 aliphatic rings. The molecule has 0 spiro atoms. The highest BCUT2D eigenvalue weighted by atomic mass is 79.9. The van der Waals surface area contributed by atoms with E-state index in [0.717, 1.165) is 12.1 Å². The third kappa shape index (κ3) is 2.96. The van der Waals surface area contributed by atoms with Gasteiger partial charge in [0.05, 0.1) is 10.2 Å². The molecule has 0 unspecified atom stereocenters. The van der Waals surface area contributed by atoms with Crippen LogP contribution in [0.1, 0.15) is 0 Å². The predicted molar refractivity (Wildman–Crippen MR) is 57.5 cm³/mol. The smallest absolute Gasteiger partial charge is 0.160 e. The largest absolute Gasteiger partial charge is 0.379 e. The monoisotopic (exact) mass is 281 g/mol. The Kier molecular flexibility index (Phi) is 4.35. The maximum Gasteiger partial charge on any atom is 0.160 e. The van der Waals surface area contributed by atoms with Gasteiger partial charge in [-0.1, -0.05) is 17.7 Å². The molecule has 0 aliphatic carbocycles. The predicted octanol–water partition coefficient (Wildman–Crippen LogP) is 3.89. The summed E-state index contributed by atoms with van der Waals surface area (Å²) in [7, 11) is 0. The zero-order chi connectivity index (χ0) is 10.6. The molecule has 0 heterocycles. The third-order valence-electron chi connectivity index (χ3n) is 1.49. The molecule has 0 atom stereocenters. The third-order valence-corrected chi connectivity index (χ3v) is 2.25. The molecule has 1 nitrogen and oxygen atoms in total. The fraction of sp³-hybridized carbons (Fsp3) is 0.111. The van der Waals surface area contributed by atoms with Crippen molar-refractivity contribution in [3.8, 4) is 0 Å². The lowest BCUT2D eigenvalue weighted by atomic mass is 10.3. The van der Waals surface area contributed by atoms with E-state index in [0.29, 0.717) is 6.54 Å². The van der Waals surface area contributed by atoms with E-state index in [2.05, 4.69) is 21.2 Å². The van der Waals surface area contributed by atoms with Gasteiger partial charge in [0.1, 0.15) is 5.82 Å². The van der Waals surface area contributed by atoms with E-state index >= 15 is 0 Å². The van der Waals surface area contributed by atoms with Gasteiger partial charge in [-0.15, -0.1) is 0 Å². The second-order valence-electron chi connectivity index (χ2n) is 2.49. The Morgan fingerprint density at radius 3 is 2.79 bits per heavy atom. The van der Waals surface area contributed by atoms with E-state index in [1.54, 1.807) is 6.08 Å². The van der Waals surface area contributed by atoms with Crippen molar-refractivity contribution in [2.45, 2.75) is 0 Å². The van der Waals surface area contributed by atoms with Gasteiger partial charge in [-0.2, -0.15) is 0 Å². The fourth-order valence-electron chi connectivity index (χ4n) is 0.898. The molecule has 0 radical (unpaired) electrons. The van der Waals surface area contributed by atoms with Crippen molar-refractivity contribution in [1.82, 2.24) is 0 Å². The molecule has 0 saturated heterocycles. The Morgan fingerprint density at radius 2 is 2.14 bits per heavy atom. The summed E-state index contributed by atoms with van der Waals surface area (Å²) in [5, 5.41) is 2.68. The SMILES string of the molecule is Fc1cc(Br)c(F)c(NC/C=C/Cl)c1. The van der Waals surface area contributed by atoms with Gasteiger partial charge in [0.25, 0.3) is 0 Å². The van der Waals surface area contributed by atoms with Crippen LogP contribution in [0.3, 0.4) is 0 Å². The van der Waals surface area contributed by atoms with Crippen LogP contribution in [0.2, 0.25) is 0 Å². The molecule has 1 aromatic carbocycles. The van der Waals surface area contributed by atoms with Crippen molar-refractivity contribution in [2.75, 3.05) is 11.9 Å². The summed E-state index contributed by atoms with van der Waals surface area (Å²) in [6.45, 7) is 0.344. The summed E-state index contributed by atoms with van der Waals surface area (Å²) >= 11 is 8.18. The number of hydrogen-bond donors (Lipinski definition) is 1. The van der Waals surface area contributed by atoms with Gasteiger partial charge in [-0.3, -0.25) is 0 Å². The first-order valence-corrected chi connectivity index (χ1v) is 5.01. The molecule has 0 fully saturated rings. The number of anilines is 1. The van der Waals surface area contributed by atoms with Crippen LogP contribution in [0.15, 0.2) is 28.2 Å². The molecule has 1 rings (SSSR count). The van der Waals surface area contributed by atoms with E-state index in [1.807, 2.05) is 0 Å². The van der Waals surface area contributed by atoms with E-state index in [9.17, 15) is 8.78 Å². The van der Waals surface area contributed by atoms with Gasteiger partial charge >= 0.3 is 0 Å². The number of rotatable bonds is 3. The minimum Gasteiger partial charge on any atom is -0.379 e. The zero-order valence-electron chi connectivity index (χ0n) is 7.03. The molecule has 1 aromatic rings. The first kappa shape index (κ1) is 11.5. The van der Waals surface area contributed by atoms with Crippen molar-refractivity contribution < 1.29 is 8.78 Å². The molecule has 0 amide bonds. The quantitative estimate of drug-likeness (QED) is 0.829. The van der Waals surface area contributed by atoms with Crippen molar-refractivity contribution >= 4 is 33.2 Å². The standard InChI is InChI=1S/C9H7BrClF2N/c10-7-4-6(12)5-8(9(7)13)14-3-1-2-11/h1-2,4-5,14H,3H2/b2-1+. The van der Waals surface area contributed by atoms with Crippen molar-refractivity contribution in [3.63, 3.8) is 0 Å². The Labute approximate surface area is 93.9 Å². The summed E-state index contributed by atoms with van der Waals surface area (Å²) in [4.78, 5) is 0. The van der Waals surface area contributed by atoms with Crippen molar-refractivity contribution in [2.24, 2.45) is 0 Å². The van der Waals surface area contributed by atoms with Gasteiger partial charge in [-0.25, -0.2) is 8.78 Å². The van der Waals surface area contributed by atoms with E-state index in [-0.39, 0.29) is 10.2 Å². The molecule has 0 bridgehead atoms. The average molecular weight is 283 g/mol.